The molecule has 0 saturated carbocycles. The van der Waals surface area contributed by atoms with Gasteiger partial charge in [0.25, 0.3) is 0 Å². The van der Waals surface area contributed by atoms with Crippen molar-refractivity contribution in [2.24, 2.45) is 0 Å². The van der Waals surface area contributed by atoms with Gasteiger partial charge in [0.2, 0.25) is 0 Å². The van der Waals surface area contributed by atoms with Gasteiger partial charge in [-0.15, -0.1) is 0 Å². The minimum Gasteiger partial charge on any atom is -0.742 e. The second-order valence-corrected chi connectivity index (χ2v) is 1.93. The number of carbonyl (C=O) groups excluding carboxylic acids is 1. The molecule has 0 aromatic rings. The van der Waals surface area contributed by atoms with Crippen LogP contribution >= 0.6 is 11.8 Å². The van der Waals surface area contributed by atoms with Crippen LogP contribution in [0.4, 0.5) is 0 Å². The summed E-state index contributed by atoms with van der Waals surface area (Å²) in [5, 5.41) is -0.250. The van der Waals surface area contributed by atoms with Crippen molar-refractivity contribution in [2.45, 2.75) is 21.8 Å². The van der Waals surface area contributed by atoms with Crippen molar-refractivity contribution in [1.82, 2.24) is 0 Å². The second-order valence-electron chi connectivity index (χ2n) is 0.780. The Balaban J connectivity index is -0.00000000444. The van der Waals surface area contributed by atoms with Gasteiger partial charge in [-0.3, -0.25) is 6.26 Å². The average molecular weight is 640 g/mol. The smallest absolute Gasteiger partial charge is 0.742 e. The van der Waals surface area contributed by atoms with Gasteiger partial charge in [0.05, 0.1) is 0 Å². The molecule has 0 rings (SSSR count). The molecule has 0 aromatic heterocycles. The van der Waals surface area contributed by atoms with Crippen molar-refractivity contribution in [3.8, 4) is 0 Å². The van der Waals surface area contributed by atoms with E-state index in [0.717, 1.165) is 0 Å². The summed E-state index contributed by atoms with van der Waals surface area (Å²) in [7, 11) is 0. The van der Waals surface area contributed by atoms with Gasteiger partial charge in [-0.1, -0.05) is 14.9 Å². The summed E-state index contributed by atoms with van der Waals surface area (Å²) in [6.07, 6.45) is 5.33. The van der Waals surface area contributed by atoms with Crippen LogP contribution in [0.5, 0.6) is 0 Å². The van der Waals surface area contributed by atoms with Crippen LogP contribution < -0.4 is 0 Å². The van der Waals surface area contributed by atoms with Crippen molar-refractivity contribution < 1.29 is 79.6 Å². The number of carbonyl (C=O) groups is 1. The summed E-state index contributed by atoms with van der Waals surface area (Å²) in [5.74, 6) is 0. The van der Waals surface area contributed by atoms with Crippen LogP contribution in [0.1, 0.15) is 21.8 Å². The zero-order valence-corrected chi connectivity index (χ0v) is 17.2. The molecule has 0 unspecified atom stereocenters. The van der Waals surface area contributed by atoms with Gasteiger partial charge in [-0.05, 0) is 13.2 Å². The van der Waals surface area contributed by atoms with Crippen LogP contribution in [0.25, 0.3) is 0 Å². The van der Waals surface area contributed by atoms with Crippen molar-refractivity contribution in [3.05, 3.63) is 13.7 Å². The van der Waals surface area contributed by atoms with Gasteiger partial charge in [0.1, 0.15) is 0 Å². The molecular formula is C7H19OS2W2Y-. The van der Waals surface area contributed by atoms with E-state index in [2.05, 4.69) is 18.9 Å². The molecule has 0 fully saturated rings. The molecule has 81 valence electrons. The predicted octanol–water partition coefficient (Wildman–Crippen LogP) is 2.94. The van der Waals surface area contributed by atoms with Crippen molar-refractivity contribution in [1.29, 1.82) is 0 Å². The minimum absolute atomic E-state index is 0. The van der Waals surface area contributed by atoms with Crippen LogP contribution in [0.2, 0.25) is 0 Å². The fourth-order valence-corrected chi connectivity index (χ4v) is 0. The third-order valence-corrected chi connectivity index (χ3v) is 0. The molecule has 0 heterocycles. The molecule has 1 radical (unpaired) electrons. The Morgan fingerprint density at radius 1 is 1.38 bits per heavy atom. The summed E-state index contributed by atoms with van der Waals surface area (Å²) >= 11 is 5.48. The summed E-state index contributed by atoms with van der Waals surface area (Å²) in [4.78, 5) is 9.26. The quantitative estimate of drug-likeness (QED) is 0.300. The Labute approximate surface area is 149 Å². The Kier molecular flexibility index (Phi) is 270. The fraction of sp³-hybridized carbons (Fsp3) is 0.571. The van der Waals surface area contributed by atoms with Gasteiger partial charge in [-0.2, -0.15) is 0 Å². The summed E-state index contributed by atoms with van der Waals surface area (Å²) < 4.78 is 0. The summed E-state index contributed by atoms with van der Waals surface area (Å²) in [6.45, 7) is 1.34. The Bertz CT molecular complexity index is 55.8. The first-order valence-corrected chi connectivity index (χ1v) is 3.41. The normalized spacial score (nSPS) is 3.31. The molecule has 0 aliphatic rings. The standard InChI is InChI=1S/C2H4OS.C2H5S.2CH4.CH3.2W.Y/c1-2(3)4;1-3-2;;;;;;/h1H3,(H,3,4);1H2,2H3;2*1H4;1H3;;;/q;-1;;;-1;;+2;/p-1. The molecule has 6 heteroatoms. The van der Waals surface area contributed by atoms with Crippen LogP contribution in [0.15, 0.2) is 0 Å². The summed E-state index contributed by atoms with van der Waals surface area (Å²) in [5.41, 5.74) is 0. The number of hydrogen-bond donors (Lipinski definition) is 0. The van der Waals surface area contributed by atoms with Gasteiger partial charge < -0.3 is 36.6 Å². The van der Waals surface area contributed by atoms with E-state index < -0.39 is 0 Å². The molecule has 0 aliphatic heterocycles. The maximum Gasteiger partial charge on any atom is 2.00 e. The van der Waals surface area contributed by atoms with E-state index in [0.29, 0.717) is 0 Å². The van der Waals surface area contributed by atoms with Crippen molar-refractivity contribution in [2.75, 3.05) is 6.26 Å². The van der Waals surface area contributed by atoms with Gasteiger partial charge in [-0.25, -0.2) is 0 Å². The zero-order chi connectivity index (χ0) is 6.28. The third kappa shape index (κ3) is 322. The average Bonchev–Trinajstić information content (AvgIpc) is 1.33. The van der Waals surface area contributed by atoms with E-state index in [9.17, 15) is 4.79 Å². The largest absolute Gasteiger partial charge is 2.00 e. The molecule has 0 saturated heterocycles. The van der Waals surface area contributed by atoms with Crippen LogP contribution in [0.3, 0.4) is 0 Å². The van der Waals surface area contributed by atoms with Gasteiger partial charge in [0.15, 0.2) is 0 Å². The fourth-order valence-electron chi connectivity index (χ4n) is 0. The van der Waals surface area contributed by atoms with E-state index >= 15 is 0 Å². The number of rotatable bonds is 0. The first-order valence-electron chi connectivity index (χ1n) is 1.61. The molecular weight excluding hydrogens is 621 g/mol. The molecule has 0 atom stereocenters. The van der Waals surface area contributed by atoms with Crippen LogP contribution in [-0.4, -0.2) is 11.4 Å². The van der Waals surface area contributed by atoms with Gasteiger partial charge in [0, 0.05) is 58.9 Å². The molecule has 0 amide bonds. The van der Waals surface area contributed by atoms with E-state index in [-0.39, 0.29) is 102 Å². The Morgan fingerprint density at radius 2 is 1.38 bits per heavy atom. The van der Waals surface area contributed by atoms with E-state index in [4.69, 9.17) is 0 Å². The Hall–Kier alpha value is 2.72. The Morgan fingerprint density at radius 3 is 1.38 bits per heavy atom. The predicted molar refractivity (Wildman–Crippen MR) is 56.8 cm³/mol. The van der Waals surface area contributed by atoms with Gasteiger partial charge >= 0.3 is 21.1 Å². The molecule has 0 aromatic carbocycles. The SMILES string of the molecule is C.C.CC(=O)[S-].[CH2-]SC.[CH3-].[W+2].[W].[Y]. The maximum atomic E-state index is 9.26. The molecule has 0 N–H and O–H groups in total. The van der Waals surface area contributed by atoms with E-state index in [1.54, 1.807) is 0 Å². The van der Waals surface area contributed by atoms with Crippen molar-refractivity contribution >= 4 is 29.5 Å². The second kappa shape index (κ2) is 61.4. The first kappa shape index (κ1) is 57.2. The number of hydrogen-bond acceptors (Lipinski definition) is 3. The van der Waals surface area contributed by atoms with E-state index in [1.165, 1.54) is 18.7 Å². The van der Waals surface area contributed by atoms with Crippen molar-refractivity contribution in [3.63, 3.8) is 0 Å². The maximum absolute atomic E-state index is 9.26. The monoisotopic (exact) mass is 640 g/mol. The van der Waals surface area contributed by atoms with E-state index in [1.807, 2.05) is 6.26 Å². The van der Waals surface area contributed by atoms with Crippen LogP contribution in [0, 0.1) is 13.7 Å². The molecule has 0 bridgehead atoms. The molecule has 1 nitrogen and oxygen atoms in total. The summed E-state index contributed by atoms with van der Waals surface area (Å²) in [6, 6.07) is 0. The zero-order valence-electron chi connectivity index (χ0n) is 6.83. The van der Waals surface area contributed by atoms with Crippen LogP contribution in [-0.2, 0) is 92.3 Å². The molecule has 0 aliphatic carbocycles. The third-order valence-electron chi connectivity index (χ3n) is 0. The first-order chi connectivity index (χ1) is 3.15. The molecule has 13 heavy (non-hydrogen) atoms. The minimum atomic E-state index is -0.250. The number of thioether (sulfide) groups is 1. The topological polar surface area (TPSA) is 17.1 Å². The molecule has 0 spiro atoms.